The molecule has 0 amide bonds. The van der Waals surface area contributed by atoms with Crippen LogP contribution in [0.1, 0.15) is 50.6 Å². The normalized spacial score (nSPS) is 22.2. The Kier molecular flexibility index (Phi) is 7.00. The molecule has 1 fully saturated rings. The number of hydrogen-bond acceptors (Lipinski definition) is 3. The molecule has 1 unspecified atom stereocenters. The van der Waals surface area contributed by atoms with Crippen molar-refractivity contribution < 1.29 is 22.3 Å². The molecular weight excluding hydrogens is 482 g/mol. The molecule has 0 saturated carbocycles. The van der Waals surface area contributed by atoms with E-state index in [4.69, 9.17) is 4.74 Å². The molecule has 0 spiro atoms. The van der Waals surface area contributed by atoms with Gasteiger partial charge in [0.15, 0.2) is 0 Å². The van der Waals surface area contributed by atoms with E-state index >= 15 is 8.78 Å². The van der Waals surface area contributed by atoms with Gasteiger partial charge in [-0.3, -0.25) is 14.2 Å². The molecule has 3 heterocycles. The average Bonchev–Trinajstić information content (AvgIpc) is 3.15. The van der Waals surface area contributed by atoms with Crippen LogP contribution >= 0.6 is 0 Å². The van der Waals surface area contributed by atoms with Gasteiger partial charge in [0.05, 0.1) is 12.7 Å². The summed E-state index contributed by atoms with van der Waals surface area (Å²) >= 11 is 0. The first-order valence-electron chi connectivity index (χ1n) is 13.0. The van der Waals surface area contributed by atoms with Crippen LogP contribution in [-0.4, -0.2) is 65.5 Å². The lowest BCUT2D eigenvalue weighted by molar-refractivity contribution is 0.0263. The number of H-pyrrole nitrogens is 1. The third-order valence-electron chi connectivity index (χ3n) is 7.72. The maximum Gasteiger partial charge on any atom is 0.135 e. The molecule has 1 N–H and O–H groups in total. The van der Waals surface area contributed by atoms with Crippen LogP contribution in [-0.2, 0) is 6.42 Å². The smallest absolute Gasteiger partial charge is 0.135 e. The Hall–Kier alpha value is -2.58. The largest absolute Gasteiger partial charge is 0.492 e. The van der Waals surface area contributed by atoms with Gasteiger partial charge in [0.2, 0.25) is 0 Å². The minimum absolute atomic E-state index is 0.00368. The molecule has 3 atom stereocenters. The SMILES string of the molecule is CC(COc1cc(F)c([C@@H]2c3[nH]c4ccccc4c3C[C@@H](C)N2CC(C)(C)F)c(F)c1)N1CC(CF)C1. The second kappa shape index (κ2) is 9.95. The fourth-order valence-electron chi connectivity index (χ4n) is 5.79. The van der Waals surface area contributed by atoms with Gasteiger partial charge in [-0.15, -0.1) is 0 Å². The lowest BCUT2D eigenvalue weighted by Gasteiger charge is -2.43. The molecule has 37 heavy (non-hydrogen) atoms. The summed E-state index contributed by atoms with van der Waals surface area (Å²) in [6, 6.07) is 9.29. The summed E-state index contributed by atoms with van der Waals surface area (Å²) in [5.74, 6) is -1.29. The van der Waals surface area contributed by atoms with Crippen LogP contribution in [0.4, 0.5) is 17.6 Å². The lowest BCUT2D eigenvalue weighted by atomic mass is 9.87. The van der Waals surface area contributed by atoms with Crippen molar-refractivity contribution >= 4 is 10.9 Å². The van der Waals surface area contributed by atoms with Crippen LogP contribution in [0, 0.1) is 17.6 Å². The highest BCUT2D eigenvalue weighted by Gasteiger charge is 2.41. The van der Waals surface area contributed by atoms with E-state index in [1.807, 2.05) is 43.0 Å². The number of rotatable bonds is 8. The minimum atomic E-state index is -1.56. The average molecular weight is 518 g/mol. The van der Waals surface area contributed by atoms with E-state index in [2.05, 4.69) is 9.88 Å². The summed E-state index contributed by atoms with van der Waals surface area (Å²) in [4.78, 5) is 7.32. The highest BCUT2D eigenvalue weighted by molar-refractivity contribution is 5.85. The summed E-state index contributed by atoms with van der Waals surface area (Å²) < 4.78 is 64.9. The molecule has 1 saturated heterocycles. The van der Waals surface area contributed by atoms with Crippen LogP contribution in [0.15, 0.2) is 36.4 Å². The topological polar surface area (TPSA) is 31.5 Å². The monoisotopic (exact) mass is 517 g/mol. The number of aromatic amines is 1. The Morgan fingerprint density at radius 3 is 2.46 bits per heavy atom. The van der Waals surface area contributed by atoms with E-state index in [9.17, 15) is 8.78 Å². The van der Waals surface area contributed by atoms with Gasteiger partial charge in [0, 0.05) is 71.9 Å². The second-order valence-corrected chi connectivity index (χ2v) is 11.3. The van der Waals surface area contributed by atoms with E-state index in [-0.39, 0.29) is 49.1 Å². The highest BCUT2D eigenvalue weighted by atomic mass is 19.1. The molecule has 2 aliphatic rings. The van der Waals surface area contributed by atoms with Crippen LogP contribution < -0.4 is 4.74 Å². The molecule has 3 aromatic rings. The summed E-state index contributed by atoms with van der Waals surface area (Å²) in [5, 5.41) is 1.02. The highest BCUT2D eigenvalue weighted by Crippen LogP contribution is 2.43. The molecule has 0 radical (unpaired) electrons. The van der Waals surface area contributed by atoms with Crippen molar-refractivity contribution in [3.63, 3.8) is 0 Å². The van der Waals surface area contributed by atoms with Gasteiger partial charge >= 0.3 is 0 Å². The summed E-state index contributed by atoms with van der Waals surface area (Å²) in [6.07, 6.45) is 0.647. The first kappa shape index (κ1) is 26.0. The number of nitrogens with one attached hydrogen (secondary N) is 1. The number of ether oxygens (including phenoxy) is 1. The number of aromatic nitrogens is 1. The van der Waals surface area contributed by atoms with E-state index in [1.165, 1.54) is 26.0 Å². The number of likely N-dealkylation sites (tertiary alicyclic amines) is 1. The predicted molar refractivity (Wildman–Crippen MR) is 138 cm³/mol. The van der Waals surface area contributed by atoms with Crippen molar-refractivity contribution in [1.82, 2.24) is 14.8 Å². The molecule has 0 bridgehead atoms. The number of alkyl halides is 2. The van der Waals surface area contributed by atoms with Crippen LogP contribution in [0.3, 0.4) is 0 Å². The third kappa shape index (κ3) is 5.10. The summed E-state index contributed by atoms with van der Waals surface area (Å²) in [6.45, 7) is 8.15. The minimum Gasteiger partial charge on any atom is -0.492 e. The van der Waals surface area contributed by atoms with Crippen molar-refractivity contribution in [1.29, 1.82) is 0 Å². The first-order valence-corrected chi connectivity index (χ1v) is 13.0. The van der Waals surface area contributed by atoms with Gasteiger partial charge in [-0.1, -0.05) is 18.2 Å². The van der Waals surface area contributed by atoms with Crippen molar-refractivity contribution in [2.75, 3.05) is 32.9 Å². The number of fused-ring (bicyclic) bond motifs is 3. The molecule has 1 aromatic heterocycles. The molecule has 8 heteroatoms. The van der Waals surface area contributed by atoms with Crippen molar-refractivity contribution in [3.8, 4) is 5.75 Å². The van der Waals surface area contributed by atoms with Gasteiger partial charge < -0.3 is 9.72 Å². The van der Waals surface area contributed by atoms with Gasteiger partial charge in [-0.05, 0) is 45.7 Å². The Labute approximate surface area is 215 Å². The van der Waals surface area contributed by atoms with Crippen LogP contribution in [0.25, 0.3) is 10.9 Å². The zero-order valence-corrected chi connectivity index (χ0v) is 21.8. The fourth-order valence-corrected chi connectivity index (χ4v) is 5.79. The van der Waals surface area contributed by atoms with Crippen molar-refractivity contribution in [2.45, 2.75) is 57.9 Å². The molecule has 4 nitrogen and oxygen atoms in total. The molecule has 0 aliphatic carbocycles. The van der Waals surface area contributed by atoms with Crippen molar-refractivity contribution in [3.05, 3.63) is 64.9 Å². The number of benzene rings is 2. The van der Waals surface area contributed by atoms with Crippen LogP contribution in [0.2, 0.25) is 0 Å². The molecule has 2 aromatic carbocycles. The van der Waals surface area contributed by atoms with Gasteiger partial charge in [0.1, 0.15) is 29.7 Å². The standard InChI is InChI=1S/C29H35F4N3O/c1-17-9-22-21-7-5-6-8-25(21)34-27(22)28(36(17)16-29(3,4)33)26-23(31)10-20(11-24(26)32)37-15-18(2)35-13-19(12-30)14-35/h5-8,10-11,17-19,28,34H,9,12-16H2,1-4H3/t17-,18?,28-/m1/s1. The van der Waals surface area contributed by atoms with Gasteiger partial charge in [0.25, 0.3) is 0 Å². The summed E-state index contributed by atoms with van der Waals surface area (Å²) in [5.41, 5.74) is 0.929. The van der Waals surface area contributed by atoms with Crippen LogP contribution in [0.5, 0.6) is 5.75 Å². The summed E-state index contributed by atoms with van der Waals surface area (Å²) in [7, 11) is 0. The number of para-hydroxylation sites is 1. The Morgan fingerprint density at radius 1 is 1.14 bits per heavy atom. The molecule has 5 rings (SSSR count). The number of hydrogen-bond donors (Lipinski definition) is 1. The Balaban J connectivity index is 1.48. The van der Waals surface area contributed by atoms with E-state index in [0.29, 0.717) is 25.2 Å². The Bertz CT molecular complexity index is 1240. The quantitative estimate of drug-likeness (QED) is 0.361. The molecule has 2 aliphatic heterocycles. The van der Waals surface area contributed by atoms with Gasteiger partial charge in [-0.2, -0.15) is 0 Å². The fraction of sp³-hybridized carbons (Fsp3) is 0.517. The van der Waals surface area contributed by atoms with Crippen molar-refractivity contribution in [2.24, 2.45) is 5.92 Å². The maximum absolute atomic E-state index is 15.7. The third-order valence-corrected chi connectivity index (χ3v) is 7.72. The zero-order chi connectivity index (χ0) is 26.5. The zero-order valence-electron chi connectivity index (χ0n) is 21.8. The van der Waals surface area contributed by atoms with E-state index in [0.717, 1.165) is 16.5 Å². The predicted octanol–water partition coefficient (Wildman–Crippen LogP) is 6.20. The molecular formula is C29H35F4N3O. The first-order chi connectivity index (χ1) is 17.6. The number of halogens is 4. The Morgan fingerprint density at radius 2 is 1.81 bits per heavy atom. The van der Waals surface area contributed by atoms with E-state index in [1.54, 1.807) is 0 Å². The second-order valence-electron chi connectivity index (χ2n) is 11.3. The lowest BCUT2D eigenvalue weighted by Crippen LogP contribution is -2.53. The van der Waals surface area contributed by atoms with E-state index < -0.39 is 23.3 Å². The van der Waals surface area contributed by atoms with Gasteiger partial charge in [-0.25, -0.2) is 13.2 Å². The maximum atomic E-state index is 15.7. The number of nitrogens with zero attached hydrogens (tertiary/aromatic N) is 2. The molecule has 200 valence electrons.